The molecule has 0 spiro atoms. The first-order chi connectivity index (χ1) is 13.0. The maximum Gasteiger partial charge on any atom is 0.257 e. The van der Waals surface area contributed by atoms with Crippen LogP contribution in [-0.4, -0.2) is 38.2 Å². The highest BCUT2D eigenvalue weighted by Crippen LogP contribution is 2.31. The average Bonchev–Trinajstić information content (AvgIpc) is 3.00. The van der Waals surface area contributed by atoms with Gasteiger partial charge >= 0.3 is 0 Å². The van der Waals surface area contributed by atoms with E-state index in [0.717, 1.165) is 25.8 Å². The Morgan fingerprint density at radius 3 is 2.70 bits per heavy atom. The number of carbonyl (C=O) groups is 1. The number of aryl methyl sites for hydroxylation is 1. The third-order valence-electron chi connectivity index (χ3n) is 5.17. The van der Waals surface area contributed by atoms with Crippen LogP contribution in [0.3, 0.4) is 0 Å². The second-order valence-corrected chi connectivity index (χ2v) is 7.38. The van der Waals surface area contributed by atoms with Crippen molar-refractivity contribution in [2.45, 2.75) is 39.2 Å². The third-order valence-corrected chi connectivity index (χ3v) is 5.57. The number of benzene rings is 1. The van der Waals surface area contributed by atoms with Gasteiger partial charge < -0.3 is 4.90 Å². The fraction of sp³-hybridized carbons (Fsp3) is 0.350. The molecule has 1 amide bonds. The molecule has 0 bridgehead atoms. The second-order valence-electron chi connectivity index (χ2n) is 7.00. The average molecular weight is 387 g/mol. The molecule has 3 aromatic rings. The molecule has 0 unspecified atom stereocenters. The molecule has 1 aliphatic heterocycles. The first-order valence-electron chi connectivity index (χ1n) is 9.08. The van der Waals surface area contributed by atoms with Gasteiger partial charge in [-0.15, -0.1) is 0 Å². The van der Waals surface area contributed by atoms with Crippen molar-refractivity contribution in [2.24, 2.45) is 0 Å². The maximum atomic E-state index is 13.2. The van der Waals surface area contributed by atoms with E-state index in [-0.39, 0.29) is 17.8 Å². The van der Waals surface area contributed by atoms with Gasteiger partial charge in [0.2, 0.25) is 0 Å². The van der Waals surface area contributed by atoms with Gasteiger partial charge in [0.1, 0.15) is 5.82 Å². The van der Waals surface area contributed by atoms with Crippen molar-refractivity contribution in [1.82, 2.24) is 19.7 Å². The van der Waals surface area contributed by atoms with E-state index >= 15 is 0 Å². The number of rotatable bonds is 2. The lowest BCUT2D eigenvalue weighted by Crippen LogP contribution is -2.42. The lowest BCUT2D eigenvalue weighted by Gasteiger charge is -2.33. The van der Waals surface area contributed by atoms with E-state index in [0.29, 0.717) is 33.0 Å². The normalized spacial score (nSPS) is 17.5. The summed E-state index contributed by atoms with van der Waals surface area (Å²) < 4.78 is 14.8. The second kappa shape index (κ2) is 6.93. The highest BCUT2D eigenvalue weighted by Gasteiger charge is 2.28. The van der Waals surface area contributed by atoms with E-state index in [2.05, 4.69) is 17.0 Å². The number of likely N-dealkylation sites (tertiary alicyclic amines) is 1. The van der Waals surface area contributed by atoms with Crippen molar-refractivity contribution >= 4 is 28.5 Å². The highest BCUT2D eigenvalue weighted by atomic mass is 35.5. The molecule has 0 aliphatic carbocycles. The number of carbonyl (C=O) groups excluding carboxylic acids is 1. The van der Waals surface area contributed by atoms with Gasteiger partial charge in [0.15, 0.2) is 5.65 Å². The summed E-state index contributed by atoms with van der Waals surface area (Å²) in [6.07, 6.45) is 4.67. The Morgan fingerprint density at radius 2 is 2.00 bits per heavy atom. The summed E-state index contributed by atoms with van der Waals surface area (Å²) >= 11 is 6.63. The molecule has 1 fully saturated rings. The van der Waals surface area contributed by atoms with E-state index in [1.807, 2.05) is 11.8 Å². The summed E-state index contributed by atoms with van der Waals surface area (Å²) in [6, 6.07) is 6.20. The number of pyridine rings is 1. The predicted molar refractivity (Wildman–Crippen MR) is 103 cm³/mol. The van der Waals surface area contributed by atoms with E-state index < -0.39 is 0 Å². The Morgan fingerprint density at radius 1 is 1.26 bits per heavy atom. The molecular formula is C20H20ClFN4O. The number of fused-ring (bicyclic) bond motifs is 1. The van der Waals surface area contributed by atoms with Crippen LogP contribution >= 0.6 is 11.6 Å². The Kier molecular flexibility index (Phi) is 4.60. The maximum absolute atomic E-state index is 13.2. The monoisotopic (exact) mass is 386 g/mol. The molecule has 2 aromatic heterocycles. The van der Waals surface area contributed by atoms with Gasteiger partial charge in [0, 0.05) is 18.8 Å². The molecule has 1 saturated heterocycles. The van der Waals surface area contributed by atoms with Gasteiger partial charge in [-0.2, -0.15) is 5.10 Å². The van der Waals surface area contributed by atoms with Crippen molar-refractivity contribution in [3.05, 3.63) is 52.6 Å². The zero-order chi connectivity index (χ0) is 19.1. The van der Waals surface area contributed by atoms with Crippen LogP contribution in [0.1, 0.15) is 42.2 Å². The molecule has 140 valence electrons. The number of piperidine rings is 1. The minimum absolute atomic E-state index is 0.0875. The van der Waals surface area contributed by atoms with Crippen molar-refractivity contribution in [3.63, 3.8) is 0 Å². The number of nitrogens with zero attached hydrogens (tertiary/aromatic N) is 4. The Labute approximate surface area is 161 Å². The number of amides is 1. The Balaban J connectivity index is 1.80. The smallest absolute Gasteiger partial charge is 0.257 e. The van der Waals surface area contributed by atoms with E-state index in [9.17, 15) is 9.18 Å². The minimum atomic E-state index is -0.318. The van der Waals surface area contributed by atoms with Crippen LogP contribution in [0.5, 0.6) is 0 Å². The largest absolute Gasteiger partial charge is 0.336 e. The van der Waals surface area contributed by atoms with Crippen molar-refractivity contribution < 1.29 is 9.18 Å². The summed E-state index contributed by atoms with van der Waals surface area (Å²) in [6.45, 7) is 4.63. The lowest BCUT2D eigenvalue weighted by atomic mass is 10.0. The van der Waals surface area contributed by atoms with Gasteiger partial charge in [-0.1, -0.05) is 11.6 Å². The van der Waals surface area contributed by atoms with Gasteiger partial charge in [0.05, 0.1) is 27.4 Å². The SMILES string of the molecule is Cc1nn(-c2ccc(F)cc2)c2ncc(C(=O)N3CCCC[C@@H]3C)c(Cl)c12. The number of aromatic nitrogens is 3. The summed E-state index contributed by atoms with van der Waals surface area (Å²) in [7, 11) is 0. The molecule has 3 heterocycles. The summed E-state index contributed by atoms with van der Waals surface area (Å²) in [4.78, 5) is 19.4. The predicted octanol–water partition coefficient (Wildman–Crippen LogP) is 4.54. The van der Waals surface area contributed by atoms with Crippen LogP contribution < -0.4 is 0 Å². The summed E-state index contributed by atoms with van der Waals surface area (Å²) in [5.41, 5.74) is 2.31. The summed E-state index contributed by atoms with van der Waals surface area (Å²) in [5.74, 6) is -0.406. The van der Waals surface area contributed by atoms with Gasteiger partial charge in [-0.25, -0.2) is 14.1 Å². The van der Waals surface area contributed by atoms with E-state index in [4.69, 9.17) is 11.6 Å². The first-order valence-corrected chi connectivity index (χ1v) is 9.46. The van der Waals surface area contributed by atoms with Crippen LogP contribution in [-0.2, 0) is 0 Å². The molecule has 0 radical (unpaired) electrons. The molecule has 7 heteroatoms. The van der Waals surface area contributed by atoms with Crippen LogP contribution in [0.4, 0.5) is 4.39 Å². The molecule has 0 saturated carbocycles. The van der Waals surface area contributed by atoms with E-state index in [1.165, 1.54) is 18.3 Å². The van der Waals surface area contributed by atoms with Crippen molar-refractivity contribution in [2.75, 3.05) is 6.54 Å². The topological polar surface area (TPSA) is 51.0 Å². The zero-order valence-corrected chi connectivity index (χ0v) is 16.0. The third kappa shape index (κ3) is 3.08. The van der Waals surface area contributed by atoms with Crippen LogP contribution in [0.25, 0.3) is 16.7 Å². The fourth-order valence-electron chi connectivity index (χ4n) is 3.67. The van der Waals surface area contributed by atoms with Crippen LogP contribution in [0.15, 0.2) is 30.5 Å². The molecule has 5 nitrogen and oxygen atoms in total. The molecule has 4 rings (SSSR count). The molecule has 1 aliphatic rings. The van der Waals surface area contributed by atoms with Gasteiger partial charge in [0.25, 0.3) is 5.91 Å². The number of hydrogen-bond donors (Lipinski definition) is 0. The molecule has 1 atom stereocenters. The Bertz CT molecular complexity index is 1010. The quantitative estimate of drug-likeness (QED) is 0.649. The molecule has 0 N–H and O–H groups in total. The molecule has 27 heavy (non-hydrogen) atoms. The van der Waals surface area contributed by atoms with Crippen LogP contribution in [0.2, 0.25) is 5.02 Å². The highest BCUT2D eigenvalue weighted by molar-refractivity contribution is 6.38. The summed E-state index contributed by atoms with van der Waals surface area (Å²) in [5, 5.41) is 5.52. The standard InChI is InChI=1S/C20H20ClFN4O/c1-12-5-3-4-10-25(12)20(27)16-11-23-19-17(18(16)21)13(2)24-26(19)15-8-6-14(22)7-9-15/h6-9,11-12H,3-5,10H2,1-2H3/t12-/m0/s1. The zero-order valence-electron chi connectivity index (χ0n) is 15.2. The number of hydrogen-bond acceptors (Lipinski definition) is 3. The van der Waals surface area contributed by atoms with Gasteiger partial charge in [-0.3, -0.25) is 4.79 Å². The first kappa shape index (κ1) is 17.9. The molecular weight excluding hydrogens is 367 g/mol. The van der Waals surface area contributed by atoms with Crippen molar-refractivity contribution in [1.29, 1.82) is 0 Å². The van der Waals surface area contributed by atoms with E-state index in [1.54, 1.807) is 16.8 Å². The minimum Gasteiger partial charge on any atom is -0.336 e. The van der Waals surface area contributed by atoms with Crippen molar-refractivity contribution in [3.8, 4) is 5.69 Å². The molecule has 1 aromatic carbocycles. The van der Waals surface area contributed by atoms with Gasteiger partial charge in [-0.05, 0) is 57.4 Å². The van der Waals surface area contributed by atoms with Crippen LogP contribution in [0, 0.1) is 12.7 Å². The lowest BCUT2D eigenvalue weighted by molar-refractivity contribution is 0.0635. The Hall–Kier alpha value is -2.47. The fourth-order valence-corrected chi connectivity index (χ4v) is 4.03. The number of halogens is 2.